The van der Waals surface area contributed by atoms with Crippen LogP contribution in [0.1, 0.15) is 16.6 Å². The van der Waals surface area contributed by atoms with E-state index in [1.54, 1.807) is 12.1 Å². The molecule has 84 valence electrons. The lowest BCUT2D eigenvalue weighted by molar-refractivity contribution is -0.00969. The van der Waals surface area contributed by atoms with Crippen molar-refractivity contribution in [2.45, 2.75) is 19.5 Å². The van der Waals surface area contributed by atoms with Crippen LogP contribution >= 0.6 is 22.9 Å². The van der Waals surface area contributed by atoms with E-state index >= 15 is 0 Å². The fourth-order valence-electron chi connectivity index (χ4n) is 0.940. The molecule has 0 saturated heterocycles. The van der Waals surface area contributed by atoms with Gasteiger partial charge in [-0.15, -0.1) is 11.3 Å². The summed E-state index contributed by atoms with van der Waals surface area (Å²) in [6.45, 7) is 0.713. The average molecular weight is 255 g/mol. The van der Waals surface area contributed by atoms with Gasteiger partial charge in [-0.3, -0.25) is 4.79 Å². The molecule has 2 nitrogen and oxygen atoms in total. The van der Waals surface area contributed by atoms with Crippen LogP contribution in [0.5, 0.6) is 0 Å². The molecule has 1 unspecified atom stereocenters. The van der Waals surface area contributed by atoms with E-state index in [1.165, 1.54) is 6.92 Å². The number of carbonyl (C=O) groups is 1. The second-order valence-electron chi connectivity index (χ2n) is 2.83. The zero-order chi connectivity index (χ0) is 11.4. The number of ketones is 1. The van der Waals surface area contributed by atoms with E-state index < -0.39 is 19.1 Å². The van der Waals surface area contributed by atoms with Gasteiger partial charge in [0.05, 0.1) is 9.21 Å². The van der Waals surface area contributed by atoms with Gasteiger partial charge in [-0.25, -0.2) is 8.78 Å². The molecule has 0 aliphatic heterocycles. The van der Waals surface area contributed by atoms with Gasteiger partial charge in [0.1, 0.15) is 12.7 Å². The first-order chi connectivity index (χ1) is 7.00. The van der Waals surface area contributed by atoms with Crippen LogP contribution in [0.3, 0.4) is 0 Å². The molecule has 0 aromatic carbocycles. The van der Waals surface area contributed by atoms with E-state index in [9.17, 15) is 13.6 Å². The van der Waals surface area contributed by atoms with Crippen molar-refractivity contribution in [3.05, 3.63) is 21.3 Å². The van der Waals surface area contributed by atoms with Crippen molar-refractivity contribution in [2.24, 2.45) is 0 Å². The second kappa shape index (κ2) is 5.53. The fraction of sp³-hybridized carbons (Fsp3) is 0.444. The summed E-state index contributed by atoms with van der Waals surface area (Å²) in [5.41, 5.74) is 0. The van der Waals surface area contributed by atoms with Crippen molar-refractivity contribution in [1.82, 2.24) is 0 Å². The standard InChI is InChI=1S/C9H9ClF2O2S/c1-5(14-4-8(11)12)9(13)6-2-3-7(10)15-6/h2-3,5,8H,4H2,1H3. The van der Waals surface area contributed by atoms with Gasteiger partial charge in [0.15, 0.2) is 0 Å². The van der Waals surface area contributed by atoms with Gasteiger partial charge in [0.2, 0.25) is 5.78 Å². The van der Waals surface area contributed by atoms with Crippen molar-refractivity contribution < 1.29 is 18.3 Å². The maximum atomic E-state index is 11.8. The molecule has 6 heteroatoms. The first kappa shape index (κ1) is 12.5. The van der Waals surface area contributed by atoms with Gasteiger partial charge in [0.25, 0.3) is 6.43 Å². The largest absolute Gasteiger partial charge is 0.364 e. The maximum absolute atomic E-state index is 11.8. The lowest BCUT2D eigenvalue weighted by Crippen LogP contribution is -2.22. The van der Waals surface area contributed by atoms with Crippen LogP contribution in [-0.2, 0) is 4.74 Å². The Labute approximate surface area is 94.8 Å². The van der Waals surface area contributed by atoms with E-state index in [0.717, 1.165) is 11.3 Å². The molecular formula is C9H9ClF2O2S. The van der Waals surface area contributed by atoms with E-state index in [-0.39, 0.29) is 5.78 Å². The molecule has 1 aromatic heterocycles. The highest BCUT2D eigenvalue weighted by atomic mass is 35.5. The molecule has 1 heterocycles. The summed E-state index contributed by atoms with van der Waals surface area (Å²) in [7, 11) is 0. The number of thiophene rings is 1. The molecule has 0 N–H and O–H groups in total. The van der Waals surface area contributed by atoms with Crippen molar-refractivity contribution in [3.63, 3.8) is 0 Å². The molecule has 1 aromatic rings. The first-order valence-electron chi connectivity index (χ1n) is 4.20. The monoisotopic (exact) mass is 254 g/mol. The first-order valence-corrected chi connectivity index (χ1v) is 5.39. The Hall–Kier alpha value is -0.520. The van der Waals surface area contributed by atoms with E-state index in [0.29, 0.717) is 9.21 Å². The second-order valence-corrected chi connectivity index (χ2v) is 4.55. The number of alkyl halides is 2. The van der Waals surface area contributed by atoms with Gasteiger partial charge >= 0.3 is 0 Å². The van der Waals surface area contributed by atoms with Crippen LogP contribution in [0.25, 0.3) is 0 Å². The number of Topliss-reactive ketones (excluding diaryl/α,β-unsaturated/α-hetero) is 1. The summed E-state index contributed by atoms with van der Waals surface area (Å²) in [5.74, 6) is -0.326. The average Bonchev–Trinajstić information content (AvgIpc) is 2.60. The Bertz CT molecular complexity index is 341. The van der Waals surface area contributed by atoms with Gasteiger partial charge in [-0.05, 0) is 19.1 Å². The minimum atomic E-state index is -2.56. The third kappa shape index (κ3) is 3.85. The zero-order valence-corrected chi connectivity index (χ0v) is 9.45. The van der Waals surface area contributed by atoms with Crippen LogP contribution in [0, 0.1) is 0 Å². The van der Waals surface area contributed by atoms with E-state index in [1.807, 2.05) is 0 Å². The predicted octanol–water partition coefficient (Wildman–Crippen LogP) is 3.25. The van der Waals surface area contributed by atoms with Gasteiger partial charge in [0, 0.05) is 0 Å². The van der Waals surface area contributed by atoms with Crippen LogP contribution < -0.4 is 0 Å². The topological polar surface area (TPSA) is 26.3 Å². The highest BCUT2D eigenvalue weighted by Gasteiger charge is 2.18. The summed E-state index contributed by atoms with van der Waals surface area (Å²) in [5, 5.41) is 0. The van der Waals surface area contributed by atoms with Crippen LogP contribution in [0.2, 0.25) is 4.34 Å². The molecule has 0 amide bonds. The van der Waals surface area contributed by atoms with Gasteiger partial charge in [-0.2, -0.15) is 0 Å². The Kier molecular flexibility index (Phi) is 4.63. The molecule has 15 heavy (non-hydrogen) atoms. The summed E-state index contributed by atoms with van der Waals surface area (Å²) in [6, 6.07) is 3.14. The maximum Gasteiger partial charge on any atom is 0.261 e. The molecule has 0 aliphatic carbocycles. The fourth-order valence-corrected chi connectivity index (χ4v) is 2.00. The number of ether oxygens (including phenoxy) is 1. The lowest BCUT2D eigenvalue weighted by Gasteiger charge is -2.09. The summed E-state index contributed by atoms with van der Waals surface area (Å²) in [4.78, 5) is 12.0. The third-order valence-corrected chi connectivity index (χ3v) is 2.90. The molecule has 1 rings (SSSR count). The molecule has 0 spiro atoms. The van der Waals surface area contributed by atoms with Crippen molar-refractivity contribution in [1.29, 1.82) is 0 Å². The molecule has 0 aliphatic rings. The molecule has 0 fully saturated rings. The zero-order valence-electron chi connectivity index (χ0n) is 7.88. The summed E-state index contributed by atoms with van der Waals surface area (Å²) < 4.78 is 28.8. The minimum absolute atomic E-state index is 0.326. The third-order valence-electron chi connectivity index (χ3n) is 1.66. The van der Waals surface area contributed by atoms with Crippen LogP contribution in [0.4, 0.5) is 8.78 Å². The van der Waals surface area contributed by atoms with E-state index in [4.69, 9.17) is 16.3 Å². The van der Waals surface area contributed by atoms with E-state index in [2.05, 4.69) is 0 Å². The number of carbonyl (C=O) groups excluding carboxylic acids is 1. The van der Waals surface area contributed by atoms with Crippen molar-refractivity contribution in [2.75, 3.05) is 6.61 Å². The number of hydrogen-bond donors (Lipinski definition) is 0. The quantitative estimate of drug-likeness (QED) is 0.754. The van der Waals surface area contributed by atoms with Gasteiger partial charge in [-0.1, -0.05) is 11.6 Å². The predicted molar refractivity (Wildman–Crippen MR) is 55.1 cm³/mol. The van der Waals surface area contributed by atoms with Crippen LogP contribution in [-0.4, -0.2) is 24.9 Å². The Morgan fingerprint density at radius 2 is 2.27 bits per heavy atom. The molecule has 1 atom stereocenters. The molecule has 0 bridgehead atoms. The highest BCUT2D eigenvalue weighted by molar-refractivity contribution is 7.18. The molecule has 0 radical (unpaired) electrons. The Balaban J connectivity index is 2.53. The summed E-state index contributed by atoms with van der Waals surface area (Å²) >= 11 is 6.75. The van der Waals surface area contributed by atoms with Crippen molar-refractivity contribution in [3.8, 4) is 0 Å². The summed E-state index contributed by atoms with van der Waals surface area (Å²) in [6.07, 6.45) is -3.43. The molecular weight excluding hydrogens is 246 g/mol. The van der Waals surface area contributed by atoms with Crippen molar-refractivity contribution >= 4 is 28.7 Å². The van der Waals surface area contributed by atoms with Crippen LogP contribution in [0.15, 0.2) is 12.1 Å². The minimum Gasteiger partial charge on any atom is -0.364 e. The highest BCUT2D eigenvalue weighted by Crippen LogP contribution is 2.23. The molecule has 0 saturated carbocycles. The number of rotatable bonds is 5. The Morgan fingerprint density at radius 3 is 2.73 bits per heavy atom. The smallest absolute Gasteiger partial charge is 0.261 e. The van der Waals surface area contributed by atoms with Gasteiger partial charge < -0.3 is 4.74 Å². The lowest BCUT2D eigenvalue weighted by atomic mass is 10.2. The number of halogens is 3. The SMILES string of the molecule is CC(OCC(F)F)C(=O)c1ccc(Cl)s1. The normalized spacial score (nSPS) is 13.1. The number of hydrogen-bond acceptors (Lipinski definition) is 3. The Morgan fingerprint density at radius 1 is 1.60 bits per heavy atom.